The van der Waals surface area contributed by atoms with E-state index in [0.717, 1.165) is 0 Å². The van der Waals surface area contributed by atoms with Gasteiger partial charge >= 0.3 is 5.97 Å². The number of anilines is 1. The Morgan fingerprint density at radius 1 is 1.55 bits per heavy atom. The number of nitrogens with two attached hydrogens (primary N) is 1. The van der Waals surface area contributed by atoms with Gasteiger partial charge in [0.1, 0.15) is 17.7 Å². The van der Waals surface area contributed by atoms with E-state index in [1.807, 2.05) is 37.8 Å². The van der Waals surface area contributed by atoms with Gasteiger partial charge in [-0.3, -0.25) is 15.1 Å². The molecule has 3 N–H and O–H groups in total. The Hall–Kier alpha value is -1.77. The van der Waals surface area contributed by atoms with Crippen molar-refractivity contribution in [2.75, 3.05) is 25.1 Å². The van der Waals surface area contributed by atoms with Crippen LogP contribution in [0.5, 0.6) is 0 Å². The summed E-state index contributed by atoms with van der Waals surface area (Å²) >= 11 is 0. The predicted molar refractivity (Wildman–Crippen MR) is 82.8 cm³/mol. The van der Waals surface area contributed by atoms with Crippen molar-refractivity contribution in [1.82, 2.24) is 20.3 Å². The van der Waals surface area contributed by atoms with Crippen LogP contribution in [0.3, 0.4) is 0 Å². The summed E-state index contributed by atoms with van der Waals surface area (Å²) in [6, 6.07) is 1.16. The number of rotatable bonds is 3. The molecule has 0 radical (unpaired) electrons. The fourth-order valence-electron chi connectivity index (χ4n) is 2.36. The first-order chi connectivity index (χ1) is 10.3. The summed E-state index contributed by atoms with van der Waals surface area (Å²) in [5, 5.41) is 6.80. The summed E-state index contributed by atoms with van der Waals surface area (Å²) in [4.78, 5) is 20.6. The van der Waals surface area contributed by atoms with E-state index in [0.29, 0.717) is 18.9 Å². The number of nitrogens with one attached hydrogen (secondary N) is 1. The van der Waals surface area contributed by atoms with E-state index in [-0.39, 0.29) is 5.97 Å². The molecule has 0 amide bonds. The summed E-state index contributed by atoms with van der Waals surface area (Å²) in [6.45, 7) is 6.81. The number of esters is 1. The van der Waals surface area contributed by atoms with Crippen molar-refractivity contribution in [3.8, 4) is 0 Å². The Morgan fingerprint density at radius 3 is 2.86 bits per heavy atom. The second kappa shape index (κ2) is 6.55. The zero-order chi connectivity index (χ0) is 16.3. The molecule has 22 heavy (non-hydrogen) atoms. The summed E-state index contributed by atoms with van der Waals surface area (Å²) in [6.07, 6.45) is 2.62. The molecule has 2 heterocycles. The summed E-state index contributed by atoms with van der Waals surface area (Å²) < 4.78 is 5.50. The first-order valence-electron chi connectivity index (χ1n) is 7.28. The Kier molecular flexibility index (Phi) is 4.94. The van der Waals surface area contributed by atoms with Crippen LogP contribution in [0.4, 0.5) is 5.82 Å². The predicted octanol–water partition coefficient (Wildman–Crippen LogP) is -0.272. The monoisotopic (exact) mass is 308 g/mol. The van der Waals surface area contributed by atoms with Crippen molar-refractivity contribution in [2.24, 2.45) is 5.73 Å². The molecule has 8 heteroatoms. The Labute approximate surface area is 130 Å². The van der Waals surface area contributed by atoms with Crippen LogP contribution in [0, 0.1) is 0 Å². The standard InChI is InChI=1S/C14H24N6O2/c1-14(2,3)22-13(21)11-12(15)17-7-8-20(11)19(4)10-5-6-16-9-18-10/h5-6,9,11-12,17H,7-8,15H2,1-4H3. The first kappa shape index (κ1) is 16.6. The average molecular weight is 308 g/mol. The fraction of sp³-hybridized carbons (Fsp3) is 0.643. The molecular formula is C14H24N6O2. The number of piperazine rings is 1. The van der Waals surface area contributed by atoms with Crippen molar-refractivity contribution in [3.05, 3.63) is 18.6 Å². The Bertz CT molecular complexity index is 504. The molecule has 2 rings (SSSR count). The lowest BCUT2D eigenvalue weighted by molar-refractivity contribution is -0.164. The zero-order valence-corrected chi connectivity index (χ0v) is 13.5. The molecule has 1 fully saturated rings. The van der Waals surface area contributed by atoms with Crippen LogP contribution in [0.25, 0.3) is 0 Å². The highest BCUT2D eigenvalue weighted by Gasteiger charge is 2.40. The molecule has 1 aliphatic rings. The number of nitrogens with zero attached hydrogens (tertiary/aromatic N) is 4. The number of carbonyl (C=O) groups is 1. The van der Waals surface area contributed by atoms with E-state index in [9.17, 15) is 4.79 Å². The van der Waals surface area contributed by atoms with Gasteiger partial charge in [-0.2, -0.15) is 0 Å². The van der Waals surface area contributed by atoms with Crippen molar-refractivity contribution in [3.63, 3.8) is 0 Å². The van der Waals surface area contributed by atoms with Gasteiger partial charge in [-0.15, -0.1) is 0 Å². The maximum atomic E-state index is 12.5. The molecule has 1 aromatic heterocycles. The maximum absolute atomic E-state index is 12.5. The highest BCUT2D eigenvalue weighted by atomic mass is 16.6. The quantitative estimate of drug-likeness (QED) is 0.737. The molecule has 0 aliphatic carbocycles. The fourth-order valence-corrected chi connectivity index (χ4v) is 2.36. The van der Waals surface area contributed by atoms with E-state index < -0.39 is 17.8 Å². The van der Waals surface area contributed by atoms with Crippen LogP contribution in [-0.2, 0) is 9.53 Å². The average Bonchev–Trinajstić information content (AvgIpc) is 2.45. The van der Waals surface area contributed by atoms with Crippen LogP contribution < -0.4 is 16.1 Å². The Balaban J connectivity index is 2.21. The number of hydrazine groups is 1. The molecular weight excluding hydrogens is 284 g/mol. The molecule has 1 saturated heterocycles. The zero-order valence-electron chi connectivity index (χ0n) is 13.5. The van der Waals surface area contributed by atoms with Gasteiger partial charge in [0.15, 0.2) is 6.04 Å². The normalized spacial score (nSPS) is 23.1. The minimum absolute atomic E-state index is 0.354. The van der Waals surface area contributed by atoms with Crippen molar-refractivity contribution < 1.29 is 9.53 Å². The number of hydrogen-bond donors (Lipinski definition) is 2. The molecule has 2 unspecified atom stereocenters. The third kappa shape index (κ3) is 3.90. The first-order valence-corrected chi connectivity index (χ1v) is 7.28. The van der Waals surface area contributed by atoms with Crippen molar-refractivity contribution >= 4 is 11.8 Å². The van der Waals surface area contributed by atoms with E-state index >= 15 is 0 Å². The molecule has 0 bridgehead atoms. The topological polar surface area (TPSA) is 96.6 Å². The van der Waals surface area contributed by atoms with Crippen LogP contribution >= 0.6 is 0 Å². The van der Waals surface area contributed by atoms with E-state index in [4.69, 9.17) is 10.5 Å². The Morgan fingerprint density at radius 2 is 2.27 bits per heavy atom. The number of ether oxygens (including phenoxy) is 1. The smallest absolute Gasteiger partial charge is 0.328 e. The van der Waals surface area contributed by atoms with Gasteiger partial charge in [0.25, 0.3) is 0 Å². The van der Waals surface area contributed by atoms with Crippen molar-refractivity contribution in [1.29, 1.82) is 0 Å². The molecule has 1 aromatic rings. The van der Waals surface area contributed by atoms with Crippen LogP contribution in [0.1, 0.15) is 20.8 Å². The molecule has 0 saturated carbocycles. The molecule has 0 aromatic carbocycles. The molecule has 0 spiro atoms. The molecule has 2 atom stereocenters. The van der Waals surface area contributed by atoms with E-state index in [1.54, 1.807) is 12.3 Å². The van der Waals surface area contributed by atoms with Gasteiger partial charge in [0.2, 0.25) is 0 Å². The van der Waals surface area contributed by atoms with Gasteiger partial charge in [0.05, 0.1) is 6.17 Å². The van der Waals surface area contributed by atoms with Gasteiger partial charge in [-0.25, -0.2) is 15.0 Å². The molecule has 1 aliphatic heterocycles. The second-order valence-electron chi connectivity index (χ2n) is 6.21. The summed E-state index contributed by atoms with van der Waals surface area (Å²) in [5.41, 5.74) is 5.53. The molecule has 8 nitrogen and oxygen atoms in total. The van der Waals surface area contributed by atoms with Crippen LogP contribution in [-0.4, -0.2) is 58.9 Å². The number of aromatic nitrogens is 2. The van der Waals surface area contributed by atoms with Gasteiger partial charge in [-0.1, -0.05) is 0 Å². The highest BCUT2D eigenvalue weighted by Crippen LogP contribution is 2.19. The summed E-state index contributed by atoms with van der Waals surface area (Å²) in [5.74, 6) is 0.339. The van der Waals surface area contributed by atoms with Gasteiger partial charge in [0, 0.05) is 32.4 Å². The highest BCUT2D eigenvalue weighted by molar-refractivity contribution is 5.77. The van der Waals surface area contributed by atoms with Gasteiger partial charge < -0.3 is 10.5 Å². The van der Waals surface area contributed by atoms with Crippen molar-refractivity contribution in [2.45, 2.75) is 38.6 Å². The molecule has 122 valence electrons. The largest absolute Gasteiger partial charge is 0.459 e. The number of hydrogen-bond acceptors (Lipinski definition) is 8. The lowest BCUT2D eigenvalue weighted by Gasteiger charge is -2.44. The third-order valence-corrected chi connectivity index (χ3v) is 3.31. The maximum Gasteiger partial charge on any atom is 0.328 e. The summed E-state index contributed by atoms with van der Waals surface area (Å²) in [7, 11) is 1.84. The second-order valence-corrected chi connectivity index (χ2v) is 6.21. The van der Waals surface area contributed by atoms with Gasteiger partial charge in [-0.05, 0) is 20.8 Å². The SMILES string of the molecule is CN(c1ccncn1)N1CCNC(N)C1C(=O)OC(C)(C)C. The number of carbonyl (C=O) groups excluding carboxylic acids is 1. The lowest BCUT2D eigenvalue weighted by Crippen LogP contribution is -2.68. The lowest BCUT2D eigenvalue weighted by atomic mass is 10.1. The third-order valence-electron chi connectivity index (χ3n) is 3.31. The van der Waals surface area contributed by atoms with E-state index in [1.165, 1.54) is 6.33 Å². The van der Waals surface area contributed by atoms with E-state index in [2.05, 4.69) is 15.3 Å². The minimum atomic E-state index is -0.618. The van der Waals surface area contributed by atoms with Crippen LogP contribution in [0.2, 0.25) is 0 Å². The minimum Gasteiger partial charge on any atom is -0.459 e. The van der Waals surface area contributed by atoms with Crippen LogP contribution in [0.15, 0.2) is 18.6 Å².